The maximum atomic E-state index is 6.45. The van der Waals surface area contributed by atoms with Gasteiger partial charge in [-0.2, -0.15) is 4.57 Å². The molecule has 0 aliphatic carbocycles. The summed E-state index contributed by atoms with van der Waals surface area (Å²) in [5, 5.41) is 3.89. The third kappa shape index (κ3) is 2.43. The number of hydrogen-bond acceptors (Lipinski definition) is 2. The van der Waals surface area contributed by atoms with Gasteiger partial charge in [0.1, 0.15) is 7.05 Å². The molecule has 140 valence electrons. The predicted molar refractivity (Wildman–Crippen MR) is 119 cm³/mol. The first kappa shape index (κ1) is 17.4. The Morgan fingerprint density at radius 2 is 1.54 bits per heavy atom. The van der Waals surface area contributed by atoms with E-state index in [4.69, 9.17) is 4.42 Å². The molecule has 0 aliphatic heterocycles. The average molecular weight is 387 g/mol. The molecule has 0 bridgehead atoms. The number of thiophene rings is 1. The second-order valence-corrected chi connectivity index (χ2v) is 9.61. The van der Waals surface area contributed by atoms with Crippen molar-refractivity contribution in [2.45, 2.75) is 33.1 Å². The van der Waals surface area contributed by atoms with Crippen LogP contribution in [0.5, 0.6) is 0 Å². The van der Waals surface area contributed by atoms with Gasteiger partial charge in [-0.15, -0.1) is 0 Å². The SMILES string of the molecule is Cc1c(-c2oc3sc4ccccc4c3[n+]2C)cc(C(C)(C)C)c2ccccc12. The Morgan fingerprint density at radius 1 is 0.893 bits per heavy atom. The summed E-state index contributed by atoms with van der Waals surface area (Å²) in [6, 6.07) is 19.6. The highest BCUT2D eigenvalue weighted by molar-refractivity contribution is 7.25. The number of oxazole rings is 1. The molecule has 2 aromatic heterocycles. The molecule has 3 aromatic carbocycles. The zero-order chi connectivity index (χ0) is 19.6. The van der Waals surface area contributed by atoms with E-state index in [1.54, 1.807) is 11.3 Å². The fourth-order valence-electron chi connectivity index (χ4n) is 4.25. The van der Waals surface area contributed by atoms with Crippen LogP contribution < -0.4 is 4.57 Å². The molecule has 0 radical (unpaired) electrons. The molecular formula is C25H24NOS+. The number of fused-ring (bicyclic) bond motifs is 4. The second kappa shape index (κ2) is 5.92. The van der Waals surface area contributed by atoms with E-state index in [0.29, 0.717) is 0 Å². The number of benzene rings is 3. The monoisotopic (exact) mass is 386 g/mol. The Morgan fingerprint density at radius 3 is 2.25 bits per heavy atom. The number of rotatable bonds is 1. The summed E-state index contributed by atoms with van der Waals surface area (Å²) in [4.78, 5) is 0.989. The van der Waals surface area contributed by atoms with Crippen molar-refractivity contribution in [2.24, 2.45) is 7.05 Å². The third-order valence-corrected chi connectivity index (χ3v) is 6.76. The maximum absolute atomic E-state index is 6.45. The smallest absolute Gasteiger partial charge is 0.382 e. The quantitative estimate of drug-likeness (QED) is 0.286. The van der Waals surface area contributed by atoms with Crippen molar-refractivity contribution in [2.75, 3.05) is 0 Å². The molecule has 28 heavy (non-hydrogen) atoms. The number of hydrogen-bond donors (Lipinski definition) is 0. The minimum absolute atomic E-state index is 0.0529. The molecule has 5 aromatic rings. The third-order valence-electron chi connectivity index (χ3n) is 5.72. The van der Waals surface area contributed by atoms with Gasteiger partial charge < -0.3 is 4.42 Å². The summed E-state index contributed by atoms with van der Waals surface area (Å²) in [6.07, 6.45) is 0. The molecule has 0 amide bonds. The topological polar surface area (TPSA) is 17.0 Å². The first-order valence-corrected chi connectivity index (χ1v) is 10.5. The van der Waals surface area contributed by atoms with Crippen LogP contribution in [0, 0.1) is 6.92 Å². The lowest BCUT2D eigenvalue weighted by molar-refractivity contribution is -0.636. The van der Waals surface area contributed by atoms with Crippen LogP contribution in [0.2, 0.25) is 0 Å². The van der Waals surface area contributed by atoms with Gasteiger partial charge >= 0.3 is 5.89 Å². The van der Waals surface area contributed by atoms with Crippen molar-refractivity contribution in [1.82, 2.24) is 0 Å². The molecule has 0 saturated carbocycles. The molecule has 3 heteroatoms. The van der Waals surface area contributed by atoms with Crippen molar-refractivity contribution in [3.63, 3.8) is 0 Å². The summed E-state index contributed by atoms with van der Waals surface area (Å²) in [5.41, 5.74) is 5.04. The molecule has 5 rings (SSSR count). The first-order valence-electron chi connectivity index (χ1n) is 9.69. The lowest BCUT2D eigenvalue weighted by Crippen LogP contribution is -2.29. The minimum Gasteiger partial charge on any atom is -0.386 e. The van der Waals surface area contributed by atoms with Gasteiger partial charge in [-0.25, -0.2) is 0 Å². The number of aromatic nitrogens is 1. The van der Waals surface area contributed by atoms with Crippen molar-refractivity contribution < 1.29 is 8.98 Å². The zero-order valence-electron chi connectivity index (χ0n) is 17.0. The lowest BCUT2D eigenvalue weighted by atomic mass is 9.81. The second-order valence-electron chi connectivity index (χ2n) is 8.59. The summed E-state index contributed by atoms with van der Waals surface area (Å²) in [6.45, 7) is 9.05. The summed E-state index contributed by atoms with van der Waals surface area (Å²) in [7, 11) is 2.12. The average Bonchev–Trinajstić information content (AvgIpc) is 3.18. The minimum atomic E-state index is 0.0529. The summed E-state index contributed by atoms with van der Waals surface area (Å²) >= 11 is 1.72. The highest BCUT2D eigenvalue weighted by Crippen LogP contribution is 2.40. The molecule has 2 heterocycles. The summed E-state index contributed by atoms with van der Waals surface area (Å²) in [5.74, 6) is 0.931. The molecule has 0 N–H and O–H groups in total. The standard InChI is InChI=1S/C25H24NOS/c1-15-16-10-6-7-11-17(16)20(25(2,3)4)14-19(15)23-26(5)22-18-12-8-9-13-21(18)28-24(22)27-23/h6-14H,1-5H3/q+1. The first-order chi connectivity index (χ1) is 13.4. The zero-order valence-corrected chi connectivity index (χ0v) is 17.8. The maximum Gasteiger partial charge on any atom is 0.382 e. The molecule has 0 unspecified atom stereocenters. The van der Waals surface area contributed by atoms with E-state index in [-0.39, 0.29) is 5.41 Å². The van der Waals surface area contributed by atoms with Gasteiger partial charge in [-0.1, -0.05) is 68.5 Å². The fourth-order valence-corrected chi connectivity index (χ4v) is 5.34. The molecule has 0 aliphatic rings. The van der Waals surface area contributed by atoms with Crippen LogP contribution in [-0.2, 0) is 12.5 Å². The van der Waals surface area contributed by atoms with Crippen LogP contribution >= 0.6 is 11.3 Å². The fraction of sp³-hybridized carbons (Fsp3) is 0.240. The van der Waals surface area contributed by atoms with Crippen molar-refractivity contribution in [3.05, 3.63) is 65.7 Å². The Bertz CT molecular complexity index is 1360. The Labute approximate surface area is 169 Å². The van der Waals surface area contributed by atoms with Crippen LogP contribution in [-0.4, -0.2) is 0 Å². The number of nitrogens with zero attached hydrogens (tertiary/aromatic N) is 1. The van der Waals surface area contributed by atoms with E-state index >= 15 is 0 Å². The highest BCUT2D eigenvalue weighted by Gasteiger charge is 2.29. The van der Waals surface area contributed by atoms with Crippen molar-refractivity contribution in [1.29, 1.82) is 0 Å². The van der Waals surface area contributed by atoms with E-state index in [2.05, 4.69) is 93.9 Å². The van der Waals surface area contributed by atoms with Crippen LogP contribution in [0.25, 0.3) is 42.7 Å². The van der Waals surface area contributed by atoms with Crippen LogP contribution in [0.3, 0.4) is 0 Å². The van der Waals surface area contributed by atoms with Crippen LogP contribution in [0.1, 0.15) is 31.9 Å². The van der Waals surface area contributed by atoms with Gasteiger partial charge in [0.2, 0.25) is 0 Å². The molecule has 0 saturated heterocycles. The normalized spacial score (nSPS) is 12.5. The van der Waals surface area contributed by atoms with Gasteiger partial charge in [0.25, 0.3) is 10.4 Å². The van der Waals surface area contributed by atoms with Gasteiger partial charge in [0, 0.05) is 4.70 Å². The summed E-state index contributed by atoms with van der Waals surface area (Å²) < 4.78 is 9.94. The van der Waals surface area contributed by atoms with E-state index in [0.717, 1.165) is 10.8 Å². The van der Waals surface area contributed by atoms with Crippen LogP contribution in [0.15, 0.2) is 59.0 Å². The molecular weight excluding hydrogens is 362 g/mol. The van der Waals surface area contributed by atoms with E-state index < -0.39 is 0 Å². The van der Waals surface area contributed by atoms with E-state index in [9.17, 15) is 0 Å². The predicted octanol–water partition coefficient (Wildman–Crippen LogP) is 6.90. The van der Waals surface area contributed by atoms with Gasteiger partial charge in [0.15, 0.2) is 0 Å². The number of aryl methyl sites for hydroxylation is 2. The molecule has 0 spiro atoms. The Balaban J connectivity index is 1.87. The van der Waals surface area contributed by atoms with E-state index in [1.807, 2.05) is 0 Å². The lowest BCUT2D eigenvalue weighted by Gasteiger charge is -2.23. The van der Waals surface area contributed by atoms with Gasteiger partial charge in [0.05, 0.1) is 10.9 Å². The molecule has 2 nitrogen and oxygen atoms in total. The van der Waals surface area contributed by atoms with Crippen molar-refractivity contribution in [3.8, 4) is 11.5 Å². The van der Waals surface area contributed by atoms with Gasteiger partial charge in [-0.05, 0) is 52.4 Å². The largest absolute Gasteiger partial charge is 0.386 e. The Hall–Kier alpha value is -2.65. The highest BCUT2D eigenvalue weighted by atomic mass is 32.1. The van der Waals surface area contributed by atoms with E-state index in [1.165, 1.54) is 43.1 Å². The van der Waals surface area contributed by atoms with Gasteiger partial charge in [-0.3, -0.25) is 0 Å². The van der Waals surface area contributed by atoms with Crippen LogP contribution in [0.4, 0.5) is 0 Å². The molecule has 0 fully saturated rings. The molecule has 0 atom stereocenters. The van der Waals surface area contributed by atoms with Crippen molar-refractivity contribution >= 4 is 42.6 Å². The Kier molecular flexibility index (Phi) is 3.69.